The third kappa shape index (κ3) is 6.20. The second-order valence-corrected chi connectivity index (χ2v) is 9.15. The SMILES string of the molecule is CC(=O)c1ccc(NC(=O)C(C)Sc2ccc(NC(=O)C3CCCCC3)cc2)cc1. The van der Waals surface area contributed by atoms with E-state index >= 15 is 0 Å². The number of amides is 2. The zero-order valence-electron chi connectivity index (χ0n) is 17.4. The van der Waals surface area contributed by atoms with Crippen LogP contribution in [0.2, 0.25) is 0 Å². The molecule has 2 amide bonds. The summed E-state index contributed by atoms with van der Waals surface area (Å²) < 4.78 is 0. The molecule has 1 atom stereocenters. The van der Waals surface area contributed by atoms with Gasteiger partial charge in [0.05, 0.1) is 5.25 Å². The van der Waals surface area contributed by atoms with E-state index in [-0.39, 0.29) is 28.8 Å². The molecule has 2 N–H and O–H groups in total. The molecule has 0 spiro atoms. The van der Waals surface area contributed by atoms with Crippen molar-refractivity contribution in [3.63, 3.8) is 0 Å². The highest BCUT2D eigenvalue weighted by Gasteiger charge is 2.21. The monoisotopic (exact) mass is 424 g/mol. The van der Waals surface area contributed by atoms with Gasteiger partial charge in [0, 0.05) is 27.8 Å². The molecule has 2 aromatic rings. The van der Waals surface area contributed by atoms with E-state index in [1.807, 2.05) is 31.2 Å². The molecule has 1 unspecified atom stereocenters. The Labute approximate surface area is 182 Å². The molecule has 3 rings (SSSR count). The van der Waals surface area contributed by atoms with Crippen LogP contribution in [0.3, 0.4) is 0 Å². The van der Waals surface area contributed by atoms with Gasteiger partial charge in [0.25, 0.3) is 0 Å². The molecule has 0 radical (unpaired) electrons. The molecule has 2 aromatic carbocycles. The fourth-order valence-corrected chi connectivity index (χ4v) is 4.38. The summed E-state index contributed by atoms with van der Waals surface area (Å²) in [6, 6.07) is 14.5. The van der Waals surface area contributed by atoms with Crippen LogP contribution in [0.4, 0.5) is 11.4 Å². The van der Waals surface area contributed by atoms with Gasteiger partial charge in [0.15, 0.2) is 5.78 Å². The quantitative estimate of drug-likeness (QED) is 0.453. The molecule has 0 aliphatic heterocycles. The number of carbonyl (C=O) groups excluding carboxylic acids is 3. The van der Waals surface area contributed by atoms with Crippen LogP contribution >= 0.6 is 11.8 Å². The summed E-state index contributed by atoms with van der Waals surface area (Å²) in [5.41, 5.74) is 2.07. The molecule has 0 bridgehead atoms. The fourth-order valence-electron chi connectivity index (χ4n) is 3.52. The smallest absolute Gasteiger partial charge is 0.237 e. The van der Waals surface area contributed by atoms with Crippen LogP contribution in [0.15, 0.2) is 53.4 Å². The van der Waals surface area contributed by atoms with Gasteiger partial charge in [-0.2, -0.15) is 0 Å². The van der Waals surface area contributed by atoms with Gasteiger partial charge in [-0.25, -0.2) is 0 Å². The first-order valence-electron chi connectivity index (χ1n) is 10.4. The summed E-state index contributed by atoms with van der Waals surface area (Å²) >= 11 is 1.46. The average Bonchev–Trinajstić information content (AvgIpc) is 2.76. The van der Waals surface area contributed by atoms with Gasteiger partial charge in [-0.15, -0.1) is 11.8 Å². The molecule has 158 valence electrons. The van der Waals surface area contributed by atoms with Crippen LogP contribution < -0.4 is 10.6 Å². The molecule has 5 nitrogen and oxygen atoms in total. The number of ketones is 1. The van der Waals surface area contributed by atoms with E-state index < -0.39 is 0 Å². The Morgan fingerprint density at radius 1 is 0.867 bits per heavy atom. The molecule has 0 heterocycles. The van der Waals surface area contributed by atoms with E-state index in [4.69, 9.17) is 0 Å². The molecule has 6 heteroatoms. The molecule has 1 fully saturated rings. The predicted octanol–water partition coefficient (Wildman–Crippen LogP) is 5.53. The number of thioether (sulfide) groups is 1. The maximum Gasteiger partial charge on any atom is 0.237 e. The van der Waals surface area contributed by atoms with Gasteiger partial charge in [-0.1, -0.05) is 19.3 Å². The lowest BCUT2D eigenvalue weighted by Crippen LogP contribution is -2.24. The first-order valence-corrected chi connectivity index (χ1v) is 11.3. The maximum absolute atomic E-state index is 12.5. The highest BCUT2D eigenvalue weighted by Crippen LogP contribution is 2.27. The topological polar surface area (TPSA) is 75.3 Å². The largest absolute Gasteiger partial charge is 0.326 e. The molecule has 0 aromatic heterocycles. The van der Waals surface area contributed by atoms with Crippen LogP contribution in [0.5, 0.6) is 0 Å². The van der Waals surface area contributed by atoms with Crippen molar-refractivity contribution in [3.05, 3.63) is 54.1 Å². The second-order valence-electron chi connectivity index (χ2n) is 7.73. The number of hydrogen-bond acceptors (Lipinski definition) is 4. The van der Waals surface area contributed by atoms with Gasteiger partial charge in [-0.3, -0.25) is 14.4 Å². The second kappa shape index (κ2) is 10.4. The van der Waals surface area contributed by atoms with Crippen molar-refractivity contribution < 1.29 is 14.4 Å². The van der Waals surface area contributed by atoms with E-state index in [9.17, 15) is 14.4 Å². The summed E-state index contributed by atoms with van der Waals surface area (Å²) in [7, 11) is 0. The number of carbonyl (C=O) groups is 3. The molecule has 30 heavy (non-hydrogen) atoms. The number of Topliss-reactive ketones (excluding diaryl/α,β-unsaturated/α-hetero) is 1. The Morgan fingerprint density at radius 2 is 1.43 bits per heavy atom. The van der Waals surface area contributed by atoms with Crippen molar-refractivity contribution >= 4 is 40.7 Å². The van der Waals surface area contributed by atoms with E-state index in [1.54, 1.807) is 24.3 Å². The maximum atomic E-state index is 12.5. The Kier molecular flexibility index (Phi) is 7.69. The highest BCUT2D eigenvalue weighted by molar-refractivity contribution is 8.00. The zero-order valence-corrected chi connectivity index (χ0v) is 18.3. The first kappa shape index (κ1) is 22.1. The number of anilines is 2. The lowest BCUT2D eigenvalue weighted by atomic mass is 9.88. The van der Waals surface area contributed by atoms with E-state index in [0.29, 0.717) is 11.3 Å². The summed E-state index contributed by atoms with van der Waals surface area (Å²) in [6.07, 6.45) is 5.45. The summed E-state index contributed by atoms with van der Waals surface area (Å²) in [4.78, 5) is 37.1. The normalized spacial score (nSPS) is 15.3. The van der Waals surface area contributed by atoms with E-state index in [1.165, 1.54) is 25.1 Å². The Balaban J connectivity index is 1.50. The third-order valence-electron chi connectivity index (χ3n) is 5.34. The van der Waals surface area contributed by atoms with Crippen LogP contribution in [0.25, 0.3) is 0 Å². The zero-order chi connectivity index (χ0) is 21.5. The minimum atomic E-state index is -0.292. The molecule has 1 saturated carbocycles. The fraction of sp³-hybridized carbons (Fsp3) is 0.375. The summed E-state index contributed by atoms with van der Waals surface area (Å²) in [5, 5.41) is 5.59. The Morgan fingerprint density at radius 3 is 2.03 bits per heavy atom. The van der Waals surface area contributed by atoms with Crippen molar-refractivity contribution in [1.29, 1.82) is 0 Å². The number of nitrogens with one attached hydrogen (secondary N) is 2. The number of benzene rings is 2. The molecule has 1 aliphatic carbocycles. The van der Waals surface area contributed by atoms with Gasteiger partial charge in [0.1, 0.15) is 0 Å². The van der Waals surface area contributed by atoms with Gasteiger partial charge in [-0.05, 0) is 75.2 Å². The Bertz CT molecular complexity index is 888. The van der Waals surface area contributed by atoms with Crippen LogP contribution in [0.1, 0.15) is 56.3 Å². The minimum Gasteiger partial charge on any atom is -0.326 e. The number of hydrogen-bond donors (Lipinski definition) is 2. The van der Waals surface area contributed by atoms with Gasteiger partial charge < -0.3 is 10.6 Å². The van der Waals surface area contributed by atoms with Crippen molar-refractivity contribution in [1.82, 2.24) is 0 Å². The summed E-state index contributed by atoms with van der Waals surface area (Å²) in [5.74, 6) is 0.125. The predicted molar refractivity (Wildman–Crippen MR) is 122 cm³/mol. The Hall–Kier alpha value is -2.60. The standard InChI is InChI=1S/C24H28N2O3S/c1-16(27)18-8-10-20(11-9-18)25-23(28)17(2)30-22-14-12-21(13-15-22)26-24(29)19-6-4-3-5-7-19/h8-15,17,19H,3-7H2,1-2H3,(H,25,28)(H,26,29). The van der Waals surface area contributed by atoms with Crippen LogP contribution in [-0.4, -0.2) is 22.8 Å². The number of rotatable bonds is 7. The third-order valence-corrected chi connectivity index (χ3v) is 6.45. The molecule has 1 aliphatic rings. The first-order chi connectivity index (χ1) is 14.4. The molecular formula is C24H28N2O3S. The molecule has 0 saturated heterocycles. The average molecular weight is 425 g/mol. The summed E-state index contributed by atoms with van der Waals surface area (Å²) in [6.45, 7) is 3.36. The van der Waals surface area contributed by atoms with Gasteiger partial charge >= 0.3 is 0 Å². The van der Waals surface area contributed by atoms with Crippen LogP contribution in [-0.2, 0) is 9.59 Å². The lowest BCUT2D eigenvalue weighted by molar-refractivity contribution is -0.120. The van der Waals surface area contributed by atoms with Crippen molar-refractivity contribution in [2.24, 2.45) is 5.92 Å². The highest BCUT2D eigenvalue weighted by atomic mass is 32.2. The van der Waals surface area contributed by atoms with Crippen molar-refractivity contribution in [2.45, 2.75) is 56.1 Å². The lowest BCUT2D eigenvalue weighted by Gasteiger charge is -2.20. The molecular weight excluding hydrogens is 396 g/mol. The van der Waals surface area contributed by atoms with E-state index in [2.05, 4.69) is 10.6 Å². The van der Waals surface area contributed by atoms with Crippen molar-refractivity contribution in [3.8, 4) is 0 Å². The van der Waals surface area contributed by atoms with Crippen LogP contribution in [0, 0.1) is 5.92 Å². The van der Waals surface area contributed by atoms with Crippen molar-refractivity contribution in [2.75, 3.05) is 10.6 Å². The van der Waals surface area contributed by atoms with Gasteiger partial charge in [0.2, 0.25) is 11.8 Å². The minimum absolute atomic E-state index is 0.00447. The van der Waals surface area contributed by atoms with E-state index in [0.717, 1.165) is 36.3 Å².